The number of carbonyl (C=O) groups is 5. The number of allylic oxidation sites excluding steroid dienone is 1. The first-order chi connectivity index (χ1) is 27.9. The maximum absolute atomic E-state index is 14.7. The number of amides is 5. The third-order valence-electron chi connectivity index (χ3n) is 11.8. The van der Waals surface area contributed by atoms with Crippen molar-refractivity contribution in [1.82, 2.24) is 19.8 Å². The van der Waals surface area contributed by atoms with E-state index >= 15 is 0 Å². The molecular formula is C42H53FN6O9S. The van der Waals surface area contributed by atoms with Gasteiger partial charge in [-0.1, -0.05) is 43.2 Å². The Morgan fingerprint density at radius 1 is 1.00 bits per heavy atom. The van der Waals surface area contributed by atoms with Crippen molar-refractivity contribution in [2.24, 2.45) is 5.92 Å². The zero-order valence-electron chi connectivity index (χ0n) is 33.8. The van der Waals surface area contributed by atoms with E-state index < -0.39 is 85.7 Å². The van der Waals surface area contributed by atoms with E-state index in [0.29, 0.717) is 54.6 Å². The number of nitrogens with zero attached hydrogens (tertiary/aromatic N) is 2. The van der Waals surface area contributed by atoms with Crippen molar-refractivity contribution < 1.29 is 46.3 Å². The molecule has 0 radical (unpaired) electrons. The summed E-state index contributed by atoms with van der Waals surface area (Å²) in [5, 5.41) is 8.86. The Hall–Kier alpha value is -5.19. The third-order valence-corrected chi connectivity index (χ3v) is 13.9. The molecule has 0 unspecified atom stereocenters. The topological polar surface area (TPSA) is 193 Å². The van der Waals surface area contributed by atoms with Crippen LogP contribution in [0.15, 0.2) is 54.6 Å². The average Bonchev–Trinajstić information content (AvgIpc) is 3.95. The zero-order valence-corrected chi connectivity index (χ0v) is 34.7. The Morgan fingerprint density at radius 3 is 2.47 bits per heavy atom. The van der Waals surface area contributed by atoms with Gasteiger partial charge in [0.05, 0.1) is 17.8 Å². The smallest absolute Gasteiger partial charge is 0.412 e. The normalized spacial score (nSPS) is 26.5. The Labute approximate surface area is 343 Å². The highest BCUT2D eigenvalue weighted by molar-refractivity contribution is 7.91. The second kappa shape index (κ2) is 16.1. The molecule has 5 aliphatic rings. The number of sulfonamides is 1. The maximum Gasteiger partial charge on any atom is 0.412 e. The minimum absolute atomic E-state index is 0.00243. The van der Waals surface area contributed by atoms with Crippen LogP contribution in [0.1, 0.15) is 96.6 Å². The van der Waals surface area contributed by atoms with E-state index in [9.17, 15) is 36.8 Å². The van der Waals surface area contributed by atoms with Gasteiger partial charge in [0.25, 0.3) is 5.91 Å². The molecule has 4 N–H and O–H groups in total. The van der Waals surface area contributed by atoms with Crippen LogP contribution in [0, 0.1) is 11.7 Å². The molecule has 2 aromatic rings. The molecule has 318 valence electrons. The second-order valence-corrected chi connectivity index (χ2v) is 19.8. The van der Waals surface area contributed by atoms with E-state index in [1.165, 1.54) is 15.9 Å². The predicted octanol–water partition coefficient (Wildman–Crippen LogP) is 5.47. The number of halogens is 1. The summed E-state index contributed by atoms with van der Waals surface area (Å²) in [5.41, 5.74) is -0.291. The van der Waals surface area contributed by atoms with Crippen LogP contribution < -0.4 is 20.7 Å². The highest BCUT2D eigenvalue weighted by Crippen LogP contribution is 2.47. The SMILES string of the molecule is CC(C)(C)OC(=O)Nc1cccc(N[C@H]2CCCCCC=C[C@@H]3C[C@@]3(C(=O)NS(=O)(=O)C3(C)CC3)NC(=O)[C@@H]3C[C@@H](OC(=O)N4Cc5cccc(F)c5C4)CN3C2=O)c1. The molecule has 2 aromatic carbocycles. The van der Waals surface area contributed by atoms with Crippen molar-refractivity contribution in [3.8, 4) is 0 Å². The lowest BCUT2D eigenvalue weighted by molar-refractivity contribution is -0.140. The Morgan fingerprint density at radius 2 is 1.75 bits per heavy atom. The number of hydrogen-bond acceptors (Lipinski definition) is 10. The second-order valence-electron chi connectivity index (χ2n) is 17.6. The standard InChI is InChI=1S/C42H53FN6O9S/c1-40(2,3)58-38(53)45-29-15-11-14-28(20-29)44-33-17-9-7-5-6-8-13-27-22-42(27,37(52)47-59(55,56)41(4)18-19-41)46-35(50)34-21-30(24-49(34)36(33)51)57-39(54)48-23-26-12-10-16-32(43)31(26)25-48/h8,10-16,20,27,30,33-34,44H,5-7,9,17-19,21-25H2,1-4H3,(H,45,53)(H,46,50)(H,47,52)/t27-,30-,33+,34+,42-/m1/s1. The molecule has 7 rings (SSSR count). The summed E-state index contributed by atoms with van der Waals surface area (Å²) in [6.07, 6.45) is 5.61. The first kappa shape index (κ1) is 42.0. The van der Waals surface area contributed by atoms with Gasteiger partial charge in [0.2, 0.25) is 21.8 Å². The molecule has 59 heavy (non-hydrogen) atoms. The van der Waals surface area contributed by atoms with E-state index in [1.807, 2.05) is 12.2 Å². The quantitative estimate of drug-likeness (QED) is 0.260. The molecule has 3 aliphatic heterocycles. The molecule has 0 aromatic heterocycles. The van der Waals surface area contributed by atoms with Crippen molar-refractivity contribution in [2.45, 2.75) is 133 Å². The van der Waals surface area contributed by atoms with Crippen LogP contribution in [0.25, 0.3) is 0 Å². The molecule has 2 saturated carbocycles. The van der Waals surface area contributed by atoms with Crippen LogP contribution in [0.5, 0.6) is 0 Å². The van der Waals surface area contributed by atoms with Gasteiger partial charge in [-0.05, 0) is 96.0 Å². The highest BCUT2D eigenvalue weighted by Gasteiger charge is 2.63. The Bertz CT molecular complexity index is 2150. The lowest BCUT2D eigenvalue weighted by Gasteiger charge is -2.30. The zero-order chi connectivity index (χ0) is 42.3. The summed E-state index contributed by atoms with van der Waals surface area (Å²) < 4.78 is 53.4. The van der Waals surface area contributed by atoms with Gasteiger partial charge in [0.15, 0.2) is 0 Å². The molecule has 15 nitrogen and oxygen atoms in total. The number of ether oxygens (including phenoxy) is 2. The molecule has 3 fully saturated rings. The number of anilines is 2. The fourth-order valence-electron chi connectivity index (χ4n) is 7.98. The number of fused-ring (bicyclic) bond motifs is 3. The molecule has 5 atom stereocenters. The summed E-state index contributed by atoms with van der Waals surface area (Å²) in [7, 11) is -4.03. The van der Waals surface area contributed by atoms with Crippen LogP contribution >= 0.6 is 0 Å². The molecule has 2 aliphatic carbocycles. The Kier molecular flexibility index (Phi) is 11.5. The van der Waals surface area contributed by atoms with E-state index in [0.717, 1.165) is 12.8 Å². The van der Waals surface area contributed by atoms with Crippen molar-refractivity contribution in [3.05, 3.63) is 71.6 Å². The van der Waals surface area contributed by atoms with Gasteiger partial charge in [0, 0.05) is 35.8 Å². The number of carbonyl (C=O) groups excluding carboxylic acids is 5. The van der Waals surface area contributed by atoms with Gasteiger partial charge < -0.3 is 25.0 Å². The van der Waals surface area contributed by atoms with Crippen LogP contribution in [0.3, 0.4) is 0 Å². The summed E-state index contributed by atoms with van der Waals surface area (Å²) in [6, 6.07) is 9.38. The molecule has 3 heterocycles. The fraction of sp³-hybridized carbons (Fsp3) is 0.548. The molecule has 17 heteroatoms. The van der Waals surface area contributed by atoms with Crippen LogP contribution in [-0.2, 0) is 47.0 Å². The van der Waals surface area contributed by atoms with Gasteiger partial charge in [-0.2, -0.15) is 0 Å². The first-order valence-corrected chi connectivity index (χ1v) is 21.8. The average molecular weight is 837 g/mol. The maximum atomic E-state index is 14.7. The van der Waals surface area contributed by atoms with Crippen molar-refractivity contribution >= 4 is 51.3 Å². The van der Waals surface area contributed by atoms with Crippen molar-refractivity contribution in [2.75, 3.05) is 17.2 Å². The highest BCUT2D eigenvalue weighted by atomic mass is 32.2. The molecule has 0 spiro atoms. The lowest BCUT2D eigenvalue weighted by atomic mass is 10.0. The monoisotopic (exact) mass is 836 g/mol. The summed E-state index contributed by atoms with van der Waals surface area (Å²) in [6.45, 7) is 6.81. The fourth-order valence-corrected chi connectivity index (χ4v) is 9.30. The number of benzene rings is 2. The summed E-state index contributed by atoms with van der Waals surface area (Å²) in [5.74, 6) is -2.89. The van der Waals surface area contributed by atoms with E-state index in [-0.39, 0.29) is 32.5 Å². The Balaban J connectivity index is 1.14. The summed E-state index contributed by atoms with van der Waals surface area (Å²) in [4.78, 5) is 71.8. The van der Waals surface area contributed by atoms with E-state index in [1.54, 1.807) is 64.1 Å². The minimum Gasteiger partial charge on any atom is -0.444 e. The van der Waals surface area contributed by atoms with E-state index in [4.69, 9.17) is 9.47 Å². The van der Waals surface area contributed by atoms with Gasteiger partial charge in [-0.15, -0.1) is 0 Å². The molecule has 0 bridgehead atoms. The molecular weight excluding hydrogens is 784 g/mol. The van der Waals surface area contributed by atoms with Crippen molar-refractivity contribution in [1.29, 1.82) is 0 Å². The van der Waals surface area contributed by atoms with Crippen LogP contribution in [-0.4, -0.2) is 88.7 Å². The van der Waals surface area contributed by atoms with Crippen LogP contribution in [0.4, 0.5) is 25.4 Å². The lowest BCUT2D eigenvalue weighted by Crippen LogP contribution is -2.58. The summed E-state index contributed by atoms with van der Waals surface area (Å²) >= 11 is 0. The number of hydrogen-bond donors (Lipinski definition) is 4. The van der Waals surface area contributed by atoms with Gasteiger partial charge in [-0.25, -0.2) is 22.4 Å². The molecule has 5 amide bonds. The first-order valence-electron chi connectivity index (χ1n) is 20.3. The van der Waals surface area contributed by atoms with Crippen LogP contribution in [0.2, 0.25) is 0 Å². The predicted molar refractivity (Wildman–Crippen MR) is 216 cm³/mol. The van der Waals surface area contributed by atoms with E-state index in [2.05, 4.69) is 20.7 Å². The largest absolute Gasteiger partial charge is 0.444 e. The van der Waals surface area contributed by atoms with Crippen molar-refractivity contribution in [3.63, 3.8) is 0 Å². The third kappa shape index (κ3) is 9.34. The van der Waals surface area contributed by atoms with Gasteiger partial charge in [-0.3, -0.25) is 29.3 Å². The molecule has 1 saturated heterocycles. The van der Waals surface area contributed by atoms with Gasteiger partial charge >= 0.3 is 12.2 Å². The minimum atomic E-state index is -4.03. The number of rotatable bonds is 7. The number of nitrogens with one attached hydrogen (secondary N) is 4. The van der Waals surface area contributed by atoms with Gasteiger partial charge in [0.1, 0.15) is 35.1 Å².